The van der Waals surface area contributed by atoms with Crippen LogP contribution in [0.5, 0.6) is 5.75 Å². The number of amides is 1. The SMILES string of the molecule is CCCOc1cccc(C(=O)N(C)CCCBr)c1. The van der Waals surface area contributed by atoms with Gasteiger partial charge in [0.2, 0.25) is 0 Å². The van der Waals surface area contributed by atoms with Crippen molar-refractivity contribution in [3.63, 3.8) is 0 Å². The molecule has 0 spiro atoms. The molecule has 1 amide bonds. The van der Waals surface area contributed by atoms with Crippen molar-refractivity contribution >= 4 is 21.8 Å². The molecule has 0 saturated carbocycles. The number of hydrogen-bond donors (Lipinski definition) is 0. The van der Waals surface area contributed by atoms with Crippen LogP contribution in [0, 0.1) is 0 Å². The van der Waals surface area contributed by atoms with Crippen molar-refractivity contribution in [2.24, 2.45) is 0 Å². The second-order valence-electron chi connectivity index (χ2n) is 4.15. The second kappa shape index (κ2) is 8.14. The van der Waals surface area contributed by atoms with Gasteiger partial charge in [-0.15, -0.1) is 0 Å². The summed E-state index contributed by atoms with van der Waals surface area (Å²) in [6, 6.07) is 7.37. The molecule has 0 aliphatic rings. The number of carbonyl (C=O) groups is 1. The number of halogens is 1. The summed E-state index contributed by atoms with van der Waals surface area (Å²) >= 11 is 3.37. The van der Waals surface area contributed by atoms with Crippen LogP contribution in [0.1, 0.15) is 30.1 Å². The zero-order valence-corrected chi connectivity index (χ0v) is 12.6. The summed E-state index contributed by atoms with van der Waals surface area (Å²) in [5, 5.41) is 0.907. The Balaban J connectivity index is 2.67. The molecule has 0 radical (unpaired) electrons. The Morgan fingerprint density at radius 2 is 2.22 bits per heavy atom. The highest BCUT2D eigenvalue weighted by Gasteiger charge is 2.11. The number of carbonyl (C=O) groups excluding carboxylic acids is 1. The fourth-order valence-corrected chi connectivity index (χ4v) is 1.81. The predicted octanol–water partition coefficient (Wildman–Crippen LogP) is 3.33. The summed E-state index contributed by atoms with van der Waals surface area (Å²) in [5.41, 5.74) is 0.681. The zero-order valence-electron chi connectivity index (χ0n) is 11.0. The molecule has 0 aliphatic carbocycles. The lowest BCUT2D eigenvalue weighted by molar-refractivity contribution is 0.0795. The van der Waals surface area contributed by atoms with Gasteiger partial charge in [-0.2, -0.15) is 0 Å². The molecule has 1 rings (SSSR count). The topological polar surface area (TPSA) is 29.5 Å². The second-order valence-corrected chi connectivity index (χ2v) is 4.94. The molecule has 0 saturated heterocycles. The Bertz CT molecular complexity index is 382. The lowest BCUT2D eigenvalue weighted by atomic mass is 10.2. The van der Waals surface area contributed by atoms with Gasteiger partial charge in [-0.1, -0.05) is 28.9 Å². The van der Waals surface area contributed by atoms with E-state index in [-0.39, 0.29) is 5.91 Å². The summed E-state index contributed by atoms with van der Waals surface area (Å²) in [6.07, 6.45) is 1.91. The first-order valence-corrected chi connectivity index (χ1v) is 7.35. The van der Waals surface area contributed by atoms with Crippen LogP contribution in [0.4, 0.5) is 0 Å². The third kappa shape index (κ3) is 4.69. The molecule has 0 fully saturated rings. The van der Waals surface area contributed by atoms with Gasteiger partial charge in [0.15, 0.2) is 0 Å². The van der Waals surface area contributed by atoms with Gasteiger partial charge in [0.05, 0.1) is 6.61 Å². The minimum atomic E-state index is 0.0397. The Hall–Kier alpha value is -1.03. The van der Waals surface area contributed by atoms with E-state index in [1.54, 1.807) is 4.90 Å². The van der Waals surface area contributed by atoms with Gasteiger partial charge < -0.3 is 9.64 Å². The zero-order chi connectivity index (χ0) is 13.4. The predicted molar refractivity (Wildman–Crippen MR) is 77.6 cm³/mol. The van der Waals surface area contributed by atoms with E-state index in [9.17, 15) is 4.79 Å². The third-order valence-corrected chi connectivity index (χ3v) is 3.09. The highest BCUT2D eigenvalue weighted by molar-refractivity contribution is 9.09. The Morgan fingerprint density at radius 1 is 1.44 bits per heavy atom. The van der Waals surface area contributed by atoms with E-state index in [0.717, 1.165) is 30.5 Å². The van der Waals surface area contributed by atoms with Crippen LogP contribution in [0.3, 0.4) is 0 Å². The van der Waals surface area contributed by atoms with Crippen molar-refractivity contribution in [1.29, 1.82) is 0 Å². The Kier molecular flexibility index (Phi) is 6.80. The molecule has 1 aromatic carbocycles. The lowest BCUT2D eigenvalue weighted by Gasteiger charge is -2.17. The monoisotopic (exact) mass is 313 g/mol. The molecule has 0 unspecified atom stereocenters. The quantitative estimate of drug-likeness (QED) is 0.723. The maximum absolute atomic E-state index is 12.1. The maximum Gasteiger partial charge on any atom is 0.253 e. The van der Waals surface area contributed by atoms with Crippen molar-refractivity contribution in [1.82, 2.24) is 4.90 Å². The molecule has 0 heterocycles. The first-order chi connectivity index (χ1) is 8.69. The van der Waals surface area contributed by atoms with Crippen LogP contribution in [0.2, 0.25) is 0 Å². The van der Waals surface area contributed by atoms with Crippen molar-refractivity contribution in [3.8, 4) is 5.75 Å². The van der Waals surface area contributed by atoms with E-state index in [1.165, 1.54) is 0 Å². The minimum absolute atomic E-state index is 0.0397. The Labute approximate surface area is 117 Å². The number of benzene rings is 1. The molecule has 0 bridgehead atoms. The van der Waals surface area contributed by atoms with Gasteiger partial charge in [-0.25, -0.2) is 0 Å². The first kappa shape index (κ1) is 15.0. The smallest absolute Gasteiger partial charge is 0.253 e. The van der Waals surface area contributed by atoms with E-state index in [4.69, 9.17) is 4.74 Å². The van der Waals surface area contributed by atoms with Gasteiger partial charge in [0.1, 0.15) is 5.75 Å². The summed E-state index contributed by atoms with van der Waals surface area (Å²) < 4.78 is 5.53. The molecule has 0 aliphatic heterocycles. The van der Waals surface area contributed by atoms with Crippen LogP contribution >= 0.6 is 15.9 Å². The standard InChI is InChI=1S/C14H20BrNO2/c1-3-10-18-13-7-4-6-12(11-13)14(17)16(2)9-5-8-15/h4,6-7,11H,3,5,8-10H2,1-2H3. The van der Waals surface area contributed by atoms with E-state index in [2.05, 4.69) is 22.9 Å². The average Bonchev–Trinajstić information content (AvgIpc) is 2.42. The fraction of sp³-hybridized carbons (Fsp3) is 0.500. The number of rotatable bonds is 7. The van der Waals surface area contributed by atoms with E-state index >= 15 is 0 Å². The van der Waals surface area contributed by atoms with E-state index < -0.39 is 0 Å². The number of hydrogen-bond acceptors (Lipinski definition) is 2. The highest BCUT2D eigenvalue weighted by Crippen LogP contribution is 2.15. The normalized spacial score (nSPS) is 10.2. The number of ether oxygens (including phenoxy) is 1. The van der Waals surface area contributed by atoms with E-state index in [1.807, 2.05) is 31.3 Å². The van der Waals surface area contributed by atoms with Crippen molar-refractivity contribution in [2.45, 2.75) is 19.8 Å². The summed E-state index contributed by atoms with van der Waals surface area (Å²) in [7, 11) is 1.82. The fourth-order valence-electron chi connectivity index (χ4n) is 1.56. The minimum Gasteiger partial charge on any atom is -0.494 e. The molecule has 0 atom stereocenters. The average molecular weight is 314 g/mol. The molecule has 3 nitrogen and oxygen atoms in total. The molecule has 0 N–H and O–H groups in total. The molecular weight excluding hydrogens is 294 g/mol. The molecule has 0 aromatic heterocycles. The molecule has 4 heteroatoms. The van der Waals surface area contributed by atoms with Gasteiger partial charge in [-0.05, 0) is 31.0 Å². The maximum atomic E-state index is 12.1. The van der Waals surface area contributed by atoms with Crippen molar-refractivity contribution in [2.75, 3.05) is 25.5 Å². The van der Waals surface area contributed by atoms with Crippen LogP contribution in [-0.4, -0.2) is 36.3 Å². The number of nitrogens with zero attached hydrogens (tertiary/aromatic N) is 1. The molecular formula is C14H20BrNO2. The lowest BCUT2D eigenvalue weighted by Crippen LogP contribution is -2.27. The summed E-state index contributed by atoms with van der Waals surface area (Å²) in [6.45, 7) is 3.49. The van der Waals surface area contributed by atoms with Gasteiger partial charge in [0, 0.05) is 24.5 Å². The molecule has 100 valence electrons. The summed E-state index contributed by atoms with van der Waals surface area (Å²) in [4.78, 5) is 13.9. The third-order valence-electron chi connectivity index (χ3n) is 2.53. The van der Waals surface area contributed by atoms with E-state index in [0.29, 0.717) is 12.2 Å². The van der Waals surface area contributed by atoms with Gasteiger partial charge >= 0.3 is 0 Å². The Morgan fingerprint density at radius 3 is 2.89 bits per heavy atom. The van der Waals surface area contributed by atoms with Crippen molar-refractivity contribution in [3.05, 3.63) is 29.8 Å². The van der Waals surface area contributed by atoms with Crippen LogP contribution in [0.15, 0.2) is 24.3 Å². The van der Waals surface area contributed by atoms with Gasteiger partial charge in [0.25, 0.3) is 5.91 Å². The highest BCUT2D eigenvalue weighted by atomic mass is 79.9. The van der Waals surface area contributed by atoms with Crippen LogP contribution in [-0.2, 0) is 0 Å². The largest absolute Gasteiger partial charge is 0.494 e. The number of alkyl halides is 1. The van der Waals surface area contributed by atoms with Crippen LogP contribution < -0.4 is 4.74 Å². The molecule has 1 aromatic rings. The van der Waals surface area contributed by atoms with Gasteiger partial charge in [-0.3, -0.25) is 4.79 Å². The van der Waals surface area contributed by atoms with Crippen LogP contribution in [0.25, 0.3) is 0 Å². The van der Waals surface area contributed by atoms with Crippen molar-refractivity contribution < 1.29 is 9.53 Å². The first-order valence-electron chi connectivity index (χ1n) is 6.23. The molecule has 18 heavy (non-hydrogen) atoms. The summed E-state index contributed by atoms with van der Waals surface area (Å²) in [5.74, 6) is 0.800.